The molecule has 0 spiro atoms. The average Bonchev–Trinajstić information content (AvgIpc) is 2.45. The third kappa shape index (κ3) is 1.40. The summed E-state index contributed by atoms with van der Waals surface area (Å²) in [6.07, 6.45) is 4.30. The first-order valence-corrected chi connectivity index (χ1v) is 5.01. The molecule has 3 unspecified atom stereocenters. The lowest BCUT2D eigenvalue weighted by Crippen LogP contribution is -2.43. The van der Waals surface area contributed by atoms with E-state index in [1.54, 1.807) is 7.11 Å². The van der Waals surface area contributed by atoms with E-state index in [0.717, 1.165) is 32.2 Å². The Bertz CT molecular complexity index is 203. The molecule has 2 aliphatic rings. The second-order valence-electron chi connectivity index (χ2n) is 4.28. The number of fused-ring (bicyclic) bond motifs is 2. The summed E-state index contributed by atoms with van der Waals surface area (Å²) in [7, 11) is 1.64. The maximum atomic E-state index is 10.9. The molecule has 2 rings (SSSR count). The van der Waals surface area contributed by atoms with E-state index >= 15 is 0 Å². The van der Waals surface area contributed by atoms with Gasteiger partial charge >= 0.3 is 0 Å². The monoisotopic (exact) mass is 183 g/mol. The van der Waals surface area contributed by atoms with Crippen molar-refractivity contribution >= 4 is 6.29 Å². The molecule has 0 aromatic heterocycles. The van der Waals surface area contributed by atoms with Crippen LogP contribution in [0.2, 0.25) is 0 Å². The van der Waals surface area contributed by atoms with Crippen LogP contribution in [0.5, 0.6) is 0 Å². The number of piperidine rings is 1. The molecule has 0 radical (unpaired) electrons. The van der Waals surface area contributed by atoms with Crippen molar-refractivity contribution in [1.82, 2.24) is 4.90 Å². The summed E-state index contributed by atoms with van der Waals surface area (Å²) in [4.78, 5) is 13.3. The minimum absolute atomic E-state index is 0.148. The topological polar surface area (TPSA) is 29.5 Å². The van der Waals surface area contributed by atoms with E-state index in [4.69, 9.17) is 4.74 Å². The molecule has 0 aromatic carbocycles. The van der Waals surface area contributed by atoms with Crippen LogP contribution in [0.3, 0.4) is 0 Å². The number of aldehydes is 1. The first kappa shape index (κ1) is 9.16. The maximum absolute atomic E-state index is 10.9. The molecule has 2 saturated heterocycles. The molecule has 3 nitrogen and oxygen atoms in total. The molecule has 2 bridgehead atoms. The predicted octanol–water partition coefficient (Wildman–Crippen LogP) is 0.686. The highest BCUT2D eigenvalue weighted by Gasteiger charge is 2.46. The maximum Gasteiger partial charge on any atom is 0.149 e. The van der Waals surface area contributed by atoms with Crippen molar-refractivity contribution in [3.63, 3.8) is 0 Å². The van der Waals surface area contributed by atoms with Crippen molar-refractivity contribution in [3.05, 3.63) is 0 Å². The quantitative estimate of drug-likeness (QED) is 0.603. The van der Waals surface area contributed by atoms with Gasteiger partial charge in [0, 0.05) is 19.1 Å². The molecule has 74 valence electrons. The minimum atomic E-state index is -0.183. The average molecular weight is 183 g/mol. The van der Waals surface area contributed by atoms with Gasteiger partial charge < -0.3 is 14.4 Å². The van der Waals surface area contributed by atoms with E-state index < -0.39 is 0 Å². The molecule has 2 fully saturated rings. The minimum Gasteiger partial charge on any atom is -0.373 e. The lowest BCUT2D eigenvalue weighted by atomic mass is 9.76. The van der Waals surface area contributed by atoms with E-state index in [1.165, 1.54) is 13.0 Å². The molecule has 13 heavy (non-hydrogen) atoms. The fourth-order valence-corrected chi connectivity index (χ4v) is 2.86. The van der Waals surface area contributed by atoms with E-state index in [2.05, 4.69) is 4.90 Å². The van der Waals surface area contributed by atoms with Gasteiger partial charge in [-0.15, -0.1) is 0 Å². The third-order valence-electron chi connectivity index (χ3n) is 3.59. The second-order valence-corrected chi connectivity index (χ2v) is 4.28. The van der Waals surface area contributed by atoms with Crippen LogP contribution in [0.4, 0.5) is 0 Å². The standard InChI is InChI=1S/C10H17NO2/c1-13-9(7-12)10-3-2-5-11(8-10)6-4-10/h7,9H,2-6,8H2,1H3. The second kappa shape index (κ2) is 3.39. The van der Waals surface area contributed by atoms with Gasteiger partial charge in [0.05, 0.1) is 0 Å². The molecule has 3 heteroatoms. The van der Waals surface area contributed by atoms with Gasteiger partial charge in [-0.1, -0.05) is 0 Å². The van der Waals surface area contributed by atoms with Crippen LogP contribution < -0.4 is 0 Å². The Kier molecular flexibility index (Phi) is 2.39. The third-order valence-corrected chi connectivity index (χ3v) is 3.59. The fraction of sp³-hybridized carbons (Fsp3) is 0.900. The largest absolute Gasteiger partial charge is 0.373 e. The highest BCUT2D eigenvalue weighted by atomic mass is 16.5. The Labute approximate surface area is 79.0 Å². The van der Waals surface area contributed by atoms with Crippen molar-refractivity contribution in [1.29, 1.82) is 0 Å². The number of nitrogens with zero attached hydrogens (tertiary/aromatic N) is 1. The van der Waals surface area contributed by atoms with Gasteiger partial charge in [-0.05, 0) is 32.4 Å². The first-order valence-electron chi connectivity index (χ1n) is 5.01. The van der Waals surface area contributed by atoms with Crippen molar-refractivity contribution in [2.75, 3.05) is 26.7 Å². The summed E-state index contributed by atoms with van der Waals surface area (Å²) < 4.78 is 5.27. The van der Waals surface area contributed by atoms with Crippen molar-refractivity contribution in [3.8, 4) is 0 Å². The lowest BCUT2D eigenvalue weighted by molar-refractivity contribution is -0.125. The number of methoxy groups -OCH3 is 1. The zero-order valence-corrected chi connectivity index (χ0v) is 8.16. The highest BCUT2D eigenvalue weighted by molar-refractivity contribution is 5.58. The molecule has 0 amide bonds. The lowest BCUT2D eigenvalue weighted by Gasteiger charge is -2.37. The molecule has 3 atom stereocenters. The van der Waals surface area contributed by atoms with Gasteiger partial charge in [0.2, 0.25) is 0 Å². The molecular formula is C10H17NO2. The van der Waals surface area contributed by atoms with E-state index in [0.29, 0.717) is 0 Å². The summed E-state index contributed by atoms with van der Waals surface area (Å²) in [5.41, 5.74) is 0.148. The molecule has 2 heterocycles. The number of carbonyl (C=O) groups excluding carboxylic acids is 1. The zero-order valence-electron chi connectivity index (χ0n) is 8.16. The van der Waals surface area contributed by atoms with Crippen molar-refractivity contribution in [2.45, 2.75) is 25.4 Å². The first-order chi connectivity index (χ1) is 6.30. The van der Waals surface area contributed by atoms with E-state index in [-0.39, 0.29) is 11.5 Å². The van der Waals surface area contributed by atoms with Gasteiger partial charge in [-0.2, -0.15) is 0 Å². The summed E-state index contributed by atoms with van der Waals surface area (Å²) >= 11 is 0. The Balaban J connectivity index is 2.14. The Hall–Kier alpha value is -0.410. The van der Waals surface area contributed by atoms with Crippen LogP contribution in [-0.2, 0) is 9.53 Å². The fourth-order valence-electron chi connectivity index (χ4n) is 2.86. The zero-order chi connectivity index (χ0) is 9.31. The molecule has 0 N–H and O–H groups in total. The molecule has 0 saturated carbocycles. The Morgan fingerprint density at radius 2 is 2.31 bits per heavy atom. The number of rotatable bonds is 3. The van der Waals surface area contributed by atoms with E-state index in [1.807, 2.05) is 0 Å². The highest BCUT2D eigenvalue weighted by Crippen LogP contribution is 2.42. The number of hydrogen-bond donors (Lipinski definition) is 0. The summed E-state index contributed by atoms with van der Waals surface area (Å²) in [6.45, 7) is 3.41. The number of carbonyl (C=O) groups is 1. The summed E-state index contributed by atoms with van der Waals surface area (Å²) in [5, 5.41) is 0. The smallest absolute Gasteiger partial charge is 0.149 e. The molecule has 0 aliphatic carbocycles. The molecular weight excluding hydrogens is 166 g/mol. The molecule has 0 aromatic rings. The molecule has 2 aliphatic heterocycles. The van der Waals surface area contributed by atoms with Crippen LogP contribution in [0.15, 0.2) is 0 Å². The van der Waals surface area contributed by atoms with Gasteiger partial charge in [-0.3, -0.25) is 0 Å². The van der Waals surface area contributed by atoms with E-state index in [9.17, 15) is 4.79 Å². The van der Waals surface area contributed by atoms with Gasteiger partial charge in [-0.25, -0.2) is 0 Å². The van der Waals surface area contributed by atoms with Crippen molar-refractivity contribution < 1.29 is 9.53 Å². The van der Waals surface area contributed by atoms with Crippen LogP contribution >= 0.6 is 0 Å². The SMILES string of the molecule is COC(C=O)C12CCCN(CC1)C2. The van der Waals surface area contributed by atoms with Crippen molar-refractivity contribution in [2.24, 2.45) is 5.41 Å². The van der Waals surface area contributed by atoms with Gasteiger partial charge in [0.25, 0.3) is 0 Å². The van der Waals surface area contributed by atoms with Gasteiger partial charge in [0.1, 0.15) is 12.4 Å². The number of ether oxygens (including phenoxy) is 1. The summed E-state index contributed by atoms with van der Waals surface area (Å²) in [6, 6.07) is 0. The Morgan fingerprint density at radius 3 is 3.00 bits per heavy atom. The number of hydrogen-bond acceptors (Lipinski definition) is 3. The van der Waals surface area contributed by atoms with Crippen LogP contribution in [0, 0.1) is 5.41 Å². The summed E-state index contributed by atoms with van der Waals surface area (Å²) in [5.74, 6) is 0. The van der Waals surface area contributed by atoms with Crippen LogP contribution in [0.1, 0.15) is 19.3 Å². The predicted molar refractivity (Wildman–Crippen MR) is 49.6 cm³/mol. The normalized spacial score (nSPS) is 40.2. The van der Waals surface area contributed by atoms with Crippen LogP contribution in [0.25, 0.3) is 0 Å². The Morgan fingerprint density at radius 1 is 1.46 bits per heavy atom. The van der Waals surface area contributed by atoms with Gasteiger partial charge in [0.15, 0.2) is 0 Å². The van der Waals surface area contributed by atoms with Crippen LogP contribution in [-0.4, -0.2) is 44.0 Å².